The van der Waals surface area contributed by atoms with Crippen LogP contribution in [-0.4, -0.2) is 26.7 Å². The minimum absolute atomic E-state index is 0.00235. The van der Waals surface area contributed by atoms with Crippen LogP contribution < -0.4 is 5.32 Å². The fourth-order valence-corrected chi connectivity index (χ4v) is 3.74. The second-order valence-electron chi connectivity index (χ2n) is 7.48. The van der Waals surface area contributed by atoms with Crippen LogP contribution in [0.5, 0.6) is 0 Å². The number of benzene rings is 2. The lowest BCUT2D eigenvalue weighted by Gasteiger charge is -2.16. The van der Waals surface area contributed by atoms with Crippen molar-refractivity contribution < 1.29 is 4.79 Å². The average molecular weight is 419 g/mol. The Kier molecular flexibility index (Phi) is 5.81. The van der Waals surface area contributed by atoms with Gasteiger partial charge in [-0.1, -0.05) is 48.0 Å². The van der Waals surface area contributed by atoms with Crippen molar-refractivity contribution in [2.75, 3.05) is 0 Å². The molecule has 0 radical (unpaired) electrons. The third-order valence-electron chi connectivity index (χ3n) is 5.14. The number of para-hydroxylation sites is 1. The highest BCUT2D eigenvalue weighted by molar-refractivity contribution is 6.31. The SMILES string of the molecule is C[C@@H](CCc1ccccc1Cl)NC(=O)c1cc(-c2cnn(C)c2)nc2ccccc12. The fraction of sp³-hybridized carbons (Fsp3) is 0.208. The zero-order chi connectivity index (χ0) is 21.1. The van der Waals surface area contributed by atoms with E-state index < -0.39 is 0 Å². The molecule has 2 heterocycles. The van der Waals surface area contributed by atoms with Crippen LogP contribution in [0, 0.1) is 0 Å². The van der Waals surface area contributed by atoms with Gasteiger partial charge in [0.25, 0.3) is 5.91 Å². The van der Waals surface area contributed by atoms with Crippen molar-refractivity contribution in [3.8, 4) is 11.3 Å². The quantitative estimate of drug-likeness (QED) is 0.477. The first-order valence-corrected chi connectivity index (χ1v) is 10.3. The summed E-state index contributed by atoms with van der Waals surface area (Å²) in [6, 6.07) is 17.4. The monoisotopic (exact) mass is 418 g/mol. The van der Waals surface area contributed by atoms with Crippen LogP contribution >= 0.6 is 11.6 Å². The molecule has 0 aliphatic rings. The molecule has 0 saturated heterocycles. The third kappa shape index (κ3) is 4.36. The van der Waals surface area contributed by atoms with Crippen LogP contribution in [0.2, 0.25) is 5.02 Å². The number of aryl methyl sites for hydroxylation is 2. The minimum Gasteiger partial charge on any atom is -0.350 e. The standard InChI is InChI=1S/C24H23ClN4O/c1-16(11-12-17-7-3-5-9-21(17)25)27-24(30)20-13-23(18-14-26-29(2)15-18)28-22-10-6-4-8-19(20)22/h3-10,13-16H,11-12H2,1-2H3,(H,27,30)/t16-/m0/s1. The molecule has 4 aromatic rings. The highest BCUT2D eigenvalue weighted by atomic mass is 35.5. The first-order valence-electron chi connectivity index (χ1n) is 9.94. The van der Waals surface area contributed by atoms with Crippen LogP contribution in [0.4, 0.5) is 0 Å². The third-order valence-corrected chi connectivity index (χ3v) is 5.51. The normalized spacial score (nSPS) is 12.1. The molecule has 0 bridgehead atoms. The maximum absolute atomic E-state index is 13.2. The van der Waals surface area contributed by atoms with E-state index in [2.05, 4.69) is 10.4 Å². The summed E-state index contributed by atoms with van der Waals surface area (Å²) in [5.74, 6) is -0.106. The molecule has 152 valence electrons. The van der Waals surface area contributed by atoms with Gasteiger partial charge in [-0.05, 0) is 43.5 Å². The lowest BCUT2D eigenvalue weighted by molar-refractivity contribution is 0.0940. The van der Waals surface area contributed by atoms with E-state index in [-0.39, 0.29) is 11.9 Å². The van der Waals surface area contributed by atoms with Crippen LogP contribution in [0.3, 0.4) is 0 Å². The molecule has 2 aromatic heterocycles. The molecule has 0 spiro atoms. The maximum Gasteiger partial charge on any atom is 0.252 e. The predicted octanol–water partition coefficient (Wildman–Crippen LogP) is 5.04. The van der Waals surface area contributed by atoms with Crippen molar-refractivity contribution >= 4 is 28.4 Å². The molecule has 1 atom stereocenters. The molecule has 4 rings (SSSR count). The van der Waals surface area contributed by atoms with Crippen LogP contribution in [0.1, 0.15) is 29.3 Å². The van der Waals surface area contributed by atoms with Gasteiger partial charge in [-0.25, -0.2) is 4.98 Å². The highest BCUT2D eigenvalue weighted by Crippen LogP contribution is 2.25. The summed E-state index contributed by atoms with van der Waals surface area (Å²) in [6.07, 6.45) is 5.25. The Bertz CT molecular complexity index is 1200. The average Bonchev–Trinajstić information content (AvgIpc) is 3.18. The maximum atomic E-state index is 13.2. The minimum atomic E-state index is -0.106. The number of pyridine rings is 1. The summed E-state index contributed by atoms with van der Waals surface area (Å²) in [6.45, 7) is 2.01. The molecule has 2 aromatic carbocycles. The van der Waals surface area contributed by atoms with Gasteiger partial charge in [0.1, 0.15) is 0 Å². The molecular weight excluding hydrogens is 396 g/mol. The van der Waals surface area contributed by atoms with Crippen molar-refractivity contribution in [2.24, 2.45) is 7.05 Å². The van der Waals surface area contributed by atoms with Crippen molar-refractivity contribution in [3.05, 3.63) is 83.1 Å². The van der Waals surface area contributed by atoms with Gasteiger partial charge in [-0.15, -0.1) is 0 Å². The molecule has 5 nitrogen and oxygen atoms in total. The van der Waals surface area contributed by atoms with E-state index >= 15 is 0 Å². The lowest BCUT2D eigenvalue weighted by atomic mass is 10.0. The Morgan fingerprint density at radius 2 is 1.93 bits per heavy atom. The topological polar surface area (TPSA) is 59.8 Å². The molecule has 0 aliphatic carbocycles. The van der Waals surface area contributed by atoms with Gasteiger partial charge in [0.2, 0.25) is 0 Å². The second kappa shape index (κ2) is 8.67. The van der Waals surface area contributed by atoms with Crippen molar-refractivity contribution in [1.29, 1.82) is 0 Å². The van der Waals surface area contributed by atoms with Gasteiger partial charge in [0, 0.05) is 35.3 Å². The van der Waals surface area contributed by atoms with Gasteiger partial charge in [-0.3, -0.25) is 9.48 Å². The van der Waals surface area contributed by atoms with E-state index in [1.165, 1.54) is 0 Å². The van der Waals surface area contributed by atoms with Gasteiger partial charge in [-0.2, -0.15) is 5.10 Å². The Labute approximate surface area is 180 Å². The summed E-state index contributed by atoms with van der Waals surface area (Å²) < 4.78 is 1.72. The van der Waals surface area contributed by atoms with E-state index in [4.69, 9.17) is 16.6 Å². The number of amides is 1. The Balaban J connectivity index is 1.57. The summed E-state index contributed by atoms with van der Waals surface area (Å²) in [5.41, 5.74) is 4.10. The Morgan fingerprint density at radius 1 is 1.17 bits per heavy atom. The van der Waals surface area contributed by atoms with Crippen molar-refractivity contribution in [3.63, 3.8) is 0 Å². The van der Waals surface area contributed by atoms with Gasteiger partial charge in [0.15, 0.2) is 0 Å². The van der Waals surface area contributed by atoms with Crippen LogP contribution in [-0.2, 0) is 13.5 Å². The van der Waals surface area contributed by atoms with Gasteiger partial charge in [0.05, 0.1) is 23.0 Å². The molecule has 1 amide bonds. The van der Waals surface area contributed by atoms with Crippen molar-refractivity contribution in [2.45, 2.75) is 25.8 Å². The summed E-state index contributed by atoms with van der Waals surface area (Å²) in [7, 11) is 1.86. The zero-order valence-corrected chi connectivity index (χ0v) is 17.7. The predicted molar refractivity (Wildman–Crippen MR) is 121 cm³/mol. The van der Waals surface area contributed by atoms with Crippen LogP contribution in [0.25, 0.3) is 22.2 Å². The van der Waals surface area contributed by atoms with E-state index in [0.29, 0.717) is 5.56 Å². The first kappa shape index (κ1) is 20.1. The number of halogens is 1. The molecule has 0 unspecified atom stereocenters. The fourth-order valence-electron chi connectivity index (χ4n) is 3.51. The number of fused-ring (bicyclic) bond motifs is 1. The van der Waals surface area contributed by atoms with Crippen LogP contribution in [0.15, 0.2) is 67.0 Å². The number of aromatic nitrogens is 3. The van der Waals surface area contributed by atoms with E-state index in [1.807, 2.05) is 74.8 Å². The molecule has 0 fully saturated rings. The largest absolute Gasteiger partial charge is 0.350 e. The smallest absolute Gasteiger partial charge is 0.252 e. The molecule has 30 heavy (non-hydrogen) atoms. The van der Waals surface area contributed by atoms with Gasteiger partial charge < -0.3 is 5.32 Å². The second-order valence-corrected chi connectivity index (χ2v) is 7.89. The molecular formula is C24H23ClN4O. The van der Waals surface area contributed by atoms with E-state index in [9.17, 15) is 4.79 Å². The zero-order valence-electron chi connectivity index (χ0n) is 17.0. The Hall–Kier alpha value is -3.18. The number of carbonyl (C=O) groups is 1. The number of nitrogens with one attached hydrogen (secondary N) is 1. The van der Waals surface area contributed by atoms with E-state index in [1.54, 1.807) is 10.9 Å². The van der Waals surface area contributed by atoms with Crippen molar-refractivity contribution in [1.82, 2.24) is 20.1 Å². The molecule has 1 N–H and O–H groups in total. The molecule has 6 heteroatoms. The highest BCUT2D eigenvalue weighted by Gasteiger charge is 2.16. The number of nitrogens with zero attached hydrogens (tertiary/aromatic N) is 3. The molecule has 0 saturated carbocycles. The summed E-state index contributed by atoms with van der Waals surface area (Å²) in [5, 5.41) is 8.95. The van der Waals surface area contributed by atoms with E-state index in [0.717, 1.165) is 45.6 Å². The first-order chi connectivity index (χ1) is 14.5. The van der Waals surface area contributed by atoms with Gasteiger partial charge >= 0.3 is 0 Å². The number of carbonyl (C=O) groups excluding carboxylic acids is 1. The number of rotatable bonds is 6. The number of hydrogen-bond acceptors (Lipinski definition) is 3. The summed E-state index contributed by atoms with van der Waals surface area (Å²) >= 11 is 6.25. The molecule has 0 aliphatic heterocycles. The number of hydrogen-bond donors (Lipinski definition) is 1. The Morgan fingerprint density at radius 3 is 2.70 bits per heavy atom. The lowest BCUT2D eigenvalue weighted by Crippen LogP contribution is -2.33. The summed E-state index contributed by atoms with van der Waals surface area (Å²) in [4.78, 5) is 17.9.